The monoisotopic (exact) mass is 365 g/mol. The zero-order chi connectivity index (χ0) is 19.1. The second kappa shape index (κ2) is 9.21. The maximum Gasteiger partial charge on any atom is 0.244 e. The van der Waals surface area contributed by atoms with Gasteiger partial charge < -0.3 is 15.1 Å². The maximum atomic E-state index is 12.4. The third-order valence-electron chi connectivity index (χ3n) is 4.87. The van der Waals surface area contributed by atoms with Gasteiger partial charge in [0.1, 0.15) is 6.54 Å². The summed E-state index contributed by atoms with van der Waals surface area (Å²) in [6.07, 6.45) is 3.78. The van der Waals surface area contributed by atoms with Crippen LogP contribution in [0.15, 0.2) is 54.6 Å². The van der Waals surface area contributed by atoms with Crippen molar-refractivity contribution in [1.29, 1.82) is 0 Å². The van der Waals surface area contributed by atoms with Gasteiger partial charge in [0.05, 0.1) is 0 Å². The molecule has 27 heavy (non-hydrogen) atoms. The summed E-state index contributed by atoms with van der Waals surface area (Å²) in [5.41, 5.74) is 2.96. The summed E-state index contributed by atoms with van der Waals surface area (Å²) in [6, 6.07) is 17.6. The quantitative estimate of drug-likeness (QED) is 0.850. The van der Waals surface area contributed by atoms with E-state index in [9.17, 15) is 9.59 Å². The van der Waals surface area contributed by atoms with Crippen LogP contribution in [0, 0.1) is 0 Å². The van der Waals surface area contributed by atoms with E-state index in [1.54, 1.807) is 4.90 Å². The Morgan fingerprint density at radius 1 is 0.963 bits per heavy atom. The van der Waals surface area contributed by atoms with E-state index in [0.717, 1.165) is 24.3 Å². The van der Waals surface area contributed by atoms with Gasteiger partial charge in [-0.25, -0.2) is 0 Å². The fourth-order valence-electron chi connectivity index (χ4n) is 3.36. The van der Waals surface area contributed by atoms with Crippen molar-refractivity contribution in [2.45, 2.75) is 32.7 Å². The molecular weight excluding hydrogens is 338 g/mol. The fourth-order valence-corrected chi connectivity index (χ4v) is 3.36. The SMILES string of the molecule is CC(=O)N(CC(=O)Nc1ccc(N2CCCCC2)cc1)Cc1ccccc1. The molecule has 1 fully saturated rings. The zero-order valence-corrected chi connectivity index (χ0v) is 15.9. The molecule has 0 aromatic heterocycles. The minimum Gasteiger partial charge on any atom is -0.372 e. The van der Waals surface area contributed by atoms with E-state index >= 15 is 0 Å². The van der Waals surface area contributed by atoms with Gasteiger partial charge >= 0.3 is 0 Å². The predicted octanol–water partition coefficient (Wildman–Crippen LogP) is 3.66. The summed E-state index contributed by atoms with van der Waals surface area (Å²) in [5.74, 6) is -0.304. The van der Waals surface area contributed by atoms with Crippen LogP contribution >= 0.6 is 0 Å². The first-order valence-corrected chi connectivity index (χ1v) is 9.56. The van der Waals surface area contributed by atoms with Gasteiger partial charge in [0.25, 0.3) is 0 Å². The van der Waals surface area contributed by atoms with Crippen LogP contribution in [0.25, 0.3) is 0 Å². The summed E-state index contributed by atoms with van der Waals surface area (Å²) in [6.45, 7) is 4.15. The lowest BCUT2D eigenvalue weighted by molar-refractivity contribution is -0.133. The first-order valence-electron chi connectivity index (χ1n) is 9.56. The third kappa shape index (κ3) is 5.58. The first-order chi connectivity index (χ1) is 13.1. The lowest BCUT2D eigenvalue weighted by atomic mass is 10.1. The number of piperidine rings is 1. The van der Waals surface area contributed by atoms with Gasteiger partial charge in [0.15, 0.2) is 0 Å². The minimum atomic E-state index is -0.188. The van der Waals surface area contributed by atoms with Crippen molar-refractivity contribution in [3.05, 3.63) is 60.2 Å². The predicted molar refractivity (Wildman–Crippen MR) is 109 cm³/mol. The summed E-state index contributed by atoms with van der Waals surface area (Å²) < 4.78 is 0. The van der Waals surface area contributed by atoms with Gasteiger partial charge in [-0.15, -0.1) is 0 Å². The Bertz CT molecular complexity index is 753. The summed E-state index contributed by atoms with van der Waals surface area (Å²) >= 11 is 0. The molecule has 1 saturated heterocycles. The number of anilines is 2. The Balaban J connectivity index is 1.56. The van der Waals surface area contributed by atoms with Gasteiger partial charge in [-0.05, 0) is 49.1 Å². The van der Waals surface area contributed by atoms with Crippen LogP contribution in [0.1, 0.15) is 31.7 Å². The highest BCUT2D eigenvalue weighted by Gasteiger charge is 2.15. The normalized spacial score (nSPS) is 13.9. The summed E-state index contributed by atoms with van der Waals surface area (Å²) in [7, 11) is 0. The second-order valence-electron chi connectivity index (χ2n) is 7.00. The highest BCUT2D eigenvalue weighted by Crippen LogP contribution is 2.21. The smallest absolute Gasteiger partial charge is 0.244 e. The number of carbonyl (C=O) groups excluding carboxylic acids is 2. The number of hydrogen-bond donors (Lipinski definition) is 1. The molecule has 5 nitrogen and oxygen atoms in total. The number of nitrogens with zero attached hydrogens (tertiary/aromatic N) is 2. The Kier molecular flexibility index (Phi) is 6.47. The lowest BCUT2D eigenvalue weighted by Crippen LogP contribution is -2.36. The van der Waals surface area contributed by atoms with E-state index in [1.807, 2.05) is 54.6 Å². The van der Waals surface area contributed by atoms with E-state index in [1.165, 1.54) is 31.9 Å². The van der Waals surface area contributed by atoms with Gasteiger partial charge in [0.2, 0.25) is 11.8 Å². The average Bonchev–Trinajstić information content (AvgIpc) is 2.69. The lowest BCUT2D eigenvalue weighted by Gasteiger charge is -2.28. The third-order valence-corrected chi connectivity index (χ3v) is 4.87. The van der Waals surface area contributed by atoms with Crippen molar-refractivity contribution in [3.63, 3.8) is 0 Å². The van der Waals surface area contributed by atoms with E-state index in [0.29, 0.717) is 6.54 Å². The Morgan fingerprint density at radius 3 is 2.26 bits per heavy atom. The van der Waals surface area contributed by atoms with Crippen LogP contribution in [0.5, 0.6) is 0 Å². The standard InChI is InChI=1S/C22H27N3O2/c1-18(26)25(16-19-8-4-2-5-9-19)17-22(27)23-20-10-12-21(13-11-20)24-14-6-3-7-15-24/h2,4-5,8-13H,3,6-7,14-17H2,1H3,(H,23,27). The zero-order valence-electron chi connectivity index (χ0n) is 15.9. The Labute approximate surface area is 161 Å². The van der Waals surface area contributed by atoms with Crippen LogP contribution in [0.2, 0.25) is 0 Å². The molecule has 142 valence electrons. The first kappa shape index (κ1) is 19.0. The molecule has 2 aromatic carbocycles. The highest BCUT2D eigenvalue weighted by atomic mass is 16.2. The molecule has 1 aliphatic heterocycles. The molecule has 0 atom stereocenters. The van der Waals surface area contributed by atoms with Crippen molar-refractivity contribution in [2.24, 2.45) is 0 Å². The Hall–Kier alpha value is -2.82. The second-order valence-corrected chi connectivity index (χ2v) is 7.00. The van der Waals surface area contributed by atoms with Crippen molar-refractivity contribution >= 4 is 23.2 Å². The van der Waals surface area contributed by atoms with Crippen molar-refractivity contribution in [3.8, 4) is 0 Å². The van der Waals surface area contributed by atoms with Crippen LogP contribution in [0.3, 0.4) is 0 Å². The van der Waals surface area contributed by atoms with Crippen LogP contribution < -0.4 is 10.2 Å². The van der Waals surface area contributed by atoms with Crippen LogP contribution in [-0.4, -0.2) is 36.3 Å². The number of rotatable bonds is 6. The fraction of sp³-hybridized carbons (Fsp3) is 0.364. The molecule has 5 heteroatoms. The van der Waals surface area contributed by atoms with E-state index in [2.05, 4.69) is 10.2 Å². The number of amides is 2. The molecule has 0 unspecified atom stereocenters. The maximum absolute atomic E-state index is 12.4. The molecular formula is C22H27N3O2. The molecule has 0 aliphatic carbocycles. The molecule has 0 spiro atoms. The number of hydrogen-bond acceptors (Lipinski definition) is 3. The van der Waals surface area contributed by atoms with E-state index in [4.69, 9.17) is 0 Å². The average molecular weight is 365 g/mol. The van der Waals surface area contributed by atoms with Gasteiger partial charge in [0, 0.05) is 37.9 Å². The molecule has 2 aromatic rings. The van der Waals surface area contributed by atoms with E-state index in [-0.39, 0.29) is 18.4 Å². The van der Waals surface area contributed by atoms with Gasteiger partial charge in [-0.3, -0.25) is 9.59 Å². The summed E-state index contributed by atoms with van der Waals surface area (Å²) in [4.78, 5) is 28.2. The minimum absolute atomic E-state index is 0.0398. The van der Waals surface area contributed by atoms with Crippen molar-refractivity contribution < 1.29 is 9.59 Å². The molecule has 1 heterocycles. The Morgan fingerprint density at radius 2 is 1.63 bits per heavy atom. The number of nitrogens with one attached hydrogen (secondary N) is 1. The molecule has 1 N–H and O–H groups in total. The molecule has 1 aliphatic rings. The van der Waals surface area contributed by atoms with Crippen LogP contribution in [-0.2, 0) is 16.1 Å². The van der Waals surface area contributed by atoms with Crippen molar-refractivity contribution in [1.82, 2.24) is 4.90 Å². The molecule has 0 bridgehead atoms. The summed E-state index contributed by atoms with van der Waals surface area (Å²) in [5, 5.41) is 2.89. The van der Waals surface area contributed by atoms with Crippen molar-refractivity contribution in [2.75, 3.05) is 29.9 Å². The molecule has 2 amide bonds. The molecule has 0 radical (unpaired) electrons. The van der Waals surface area contributed by atoms with Gasteiger partial charge in [-0.1, -0.05) is 30.3 Å². The number of carbonyl (C=O) groups is 2. The molecule has 3 rings (SSSR count). The topological polar surface area (TPSA) is 52.7 Å². The van der Waals surface area contributed by atoms with Gasteiger partial charge in [-0.2, -0.15) is 0 Å². The highest BCUT2D eigenvalue weighted by molar-refractivity contribution is 5.94. The number of benzene rings is 2. The largest absolute Gasteiger partial charge is 0.372 e. The van der Waals surface area contributed by atoms with Crippen LogP contribution in [0.4, 0.5) is 11.4 Å². The molecule has 0 saturated carbocycles. The van der Waals surface area contributed by atoms with E-state index < -0.39 is 0 Å².